The Labute approximate surface area is 149 Å². The standard InChI is InChI=1S/C16H12F3N3OS2/c17-16(18,19)9-21-10-4-1-2-5-11(10)22-14(23)13-8-20-15(25-13)12-6-3-7-24-12/h1-8,21H,9H2,(H,22,23). The zero-order valence-electron chi connectivity index (χ0n) is 12.6. The predicted molar refractivity (Wildman–Crippen MR) is 94.4 cm³/mol. The van der Waals surface area contributed by atoms with Gasteiger partial charge in [0.05, 0.1) is 22.4 Å². The minimum Gasteiger partial charge on any atom is -0.375 e. The molecule has 2 N–H and O–H groups in total. The van der Waals surface area contributed by atoms with E-state index in [1.165, 1.54) is 41.0 Å². The molecule has 9 heteroatoms. The fourth-order valence-corrected chi connectivity index (χ4v) is 3.63. The van der Waals surface area contributed by atoms with Gasteiger partial charge in [-0.15, -0.1) is 22.7 Å². The molecule has 1 aromatic carbocycles. The van der Waals surface area contributed by atoms with Gasteiger partial charge in [-0.1, -0.05) is 18.2 Å². The largest absolute Gasteiger partial charge is 0.405 e. The van der Waals surface area contributed by atoms with Crippen molar-refractivity contribution in [3.8, 4) is 9.88 Å². The Morgan fingerprint density at radius 3 is 2.56 bits per heavy atom. The zero-order chi connectivity index (χ0) is 17.9. The van der Waals surface area contributed by atoms with Crippen LogP contribution in [0.2, 0.25) is 0 Å². The summed E-state index contributed by atoms with van der Waals surface area (Å²) in [5.74, 6) is -0.415. The van der Waals surface area contributed by atoms with Crippen LogP contribution in [0, 0.1) is 0 Å². The number of rotatable bonds is 5. The second-order valence-electron chi connectivity index (χ2n) is 4.98. The molecule has 3 rings (SSSR count). The summed E-state index contributed by atoms with van der Waals surface area (Å²) in [4.78, 5) is 17.9. The second-order valence-corrected chi connectivity index (χ2v) is 6.95. The number of aromatic nitrogens is 1. The van der Waals surface area contributed by atoms with Crippen LogP contribution in [0.5, 0.6) is 0 Å². The summed E-state index contributed by atoms with van der Waals surface area (Å²) < 4.78 is 37.1. The Bertz CT molecular complexity index is 860. The number of carbonyl (C=O) groups excluding carboxylic acids is 1. The van der Waals surface area contributed by atoms with Crippen molar-refractivity contribution in [1.82, 2.24) is 4.98 Å². The molecule has 0 radical (unpaired) electrons. The minimum atomic E-state index is -4.34. The van der Waals surface area contributed by atoms with E-state index in [0.717, 1.165) is 9.88 Å². The predicted octanol–water partition coefficient (Wildman–Crippen LogP) is 5.10. The molecular weight excluding hydrogens is 371 g/mol. The second kappa shape index (κ2) is 7.24. The minimum absolute atomic E-state index is 0.205. The van der Waals surface area contributed by atoms with Gasteiger partial charge in [-0.25, -0.2) is 4.98 Å². The highest BCUT2D eigenvalue weighted by Gasteiger charge is 2.27. The Morgan fingerprint density at radius 1 is 1.12 bits per heavy atom. The van der Waals surface area contributed by atoms with Crippen LogP contribution in [0.25, 0.3) is 9.88 Å². The molecule has 0 aliphatic rings. The maximum absolute atomic E-state index is 12.4. The molecule has 0 aliphatic carbocycles. The number of thiazole rings is 1. The maximum Gasteiger partial charge on any atom is 0.405 e. The average Bonchev–Trinajstić information content (AvgIpc) is 3.24. The van der Waals surface area contributed by atoms with Crippen LogP contribution >= 0.6 is 22.7 Å². The van der Waals surface area contributed by atoms with Crippen LogP contribution in [0.15, 0.2) is 48.0 Å². The number of nitrogens with one attached hydrogen (secondary N) is 2. The summed E-state index contributed by atoms with van der Waals surface area (Å²) in [7, 11) is 0. The molecule has 2 aromatic heterocycles. The van der Waals surface area contributed by atoms with Gasteiger partial charge in [-0.2, -0.15) is 13.2 Å². The van der Waals surface area contributed by atoms with Crippen molar-refractivity contribution in [3.63, 3.8) is 0 Å². The fourth-order valence-electron chi connectivity index (χ4n) is 2.02. The first-order chi connectivity index (χ1) is 11.9. The molecule has 0 bridgehead atoms. The summed E-state index contributed by atoms with van der Waals surface area (Å²) in [5.41, 5.74) is 0.485. The van der Waals surface area contributed by atoms with E-state index in [1.54, 1.807) is 12.1 Å². The van der Waals surface area contributed by atoms with Gasteiger partial charge >= 0.3 is 6.18 Å². The highest BCUT2D eigenvalue weighted by molar-refractivity contribution is 7.22. The summed E-state index contributed by atoms with van der Waals surface area (Å²) in [5, 5.41) is 7.56. The smallest absolute Gasteiger partial charge is 0.375 e. The number of anilines is 2. The maximum atomic E-state index is 12.4. The van der Waals surface area contributed by atoms with Gasteiger partial charge in [-0.3, -0.25) is 4.79 Å². The van der Waals surface area contributed by atoms with E-state index >= 15 is 0 Å². The van der Waals surface area contributed by atoms with Crippen LogP contribution in [0.3, 0.4) is 0 Å². The van der Waals surface area contributed by atoms with Gasteiger partial charge in [0.2, 0.25) is 0 Å². The van der Waals surface area contributed by atoms with Crippen molar-refractivity contribution >= 4 is 40.0 Å². The topological polar surface area (TPSA) is 54.0 Å². The van der Waals surface area contributed by atoms with Crippen molar-refractivity contribution in [2.75, 3.05) is 17.2 Å². The first-order valence-corrected chi connectivity index (χ1v) is 8.83. The molecular formula is C16H12F3N3OS2. The monoisotopic (exact) mass is 383 g/mol. The Morgan fingerprint density at radius 2 is 1.88 bits per heavy atom. The van der Waals surface area contributed by atoms with Crippen molar-refractivity contribution in [3.05, 3.63) is 52.9 Å². The SMILES string of the molecule is O=C(Nc1ccccc1NCC(F)(F)F)c1cnc(-c2cccs2)s1. The van der Waals surface area contributed by atoms with Gasteiger partial charge in [-0.05, 0) is 23.6 Å². The van der Waals surface area contributed by atoms with Crippen LogP contribution in [-0.4, -0.2) is 23.6 Å². The number of para-hydroxylation sites is 2. The molecule has 2 heterocycles. The van der Waals surface area contributed by atoms with E-state index in [9.17, 15) is 18.0 Å². The van der Waals surface area contributed by atoms with Crippen molar-refractivity contribution in [2.45, 2.75) is 6.18 Å². The lowest BCUT2D eigenvalue weighted by Crippen LogP contribution is -2.22. The van der Waals surface area contributed by atoms with E-state index in [2.05, 4.69) is 15.6 Å². The molecule has 4 nitrogen and oxygen atoms in total. The molecule has 0 spiro atoms. The van der Waals surface area contributed by atoms with Crippen LogP contribution < -0.4 is 10.6 Å². The van der Waals surface area contributed by atoms with E-state index in [1.807, 2.05) is 17.5 Å². The highest BCUT2D eigenvalue weighted by Crippen LogP contribution is 2.30. The number of alkyl halides is 3. The molecule has 3 aromatic rings. The van der Waals surface area contributed by atoms with Gasteiger partial charge in [0.1, 0.15) is 16.4 Å². The van der Waals surface area contributed by atoms with E-state index < -0.39 is 18.6 Å². The lowest BCUT2D eigenvalue weighted by atomic mass is 10.2. The highest BCUT2D eigenvalue weighted by atomic mass is 32.1. The third kappa shape index (κ3) is 4.58. The number of hydrogen-bond donors (Lipinski definition) is 2. The first-order valence-electron chi connectivity index (χ1n) is 7.13. The lowest BCUT2D eigenvalue weighted by molar-refractivity contribution is -0.115. The molecule has 0 saturated carbocycles. The normalized spacial score (nSPS) is 11.3. The van der Waals surface area contributed by atoms with E-state index in [4.69, 9.17) is 0 Å². The van der Waals surface area contributed by atoms with Crippen LogP contribution in [-0.2, 0) is 0 Å². The van der Waals surface area contributed by atoms with E-state index in [0.29, 0.717) is 4.88 Å². The number of halogens is 3. The average molecular weight is 383 g/mol. The third-order valence-electron chi connectivity index (χ3n) is 3.12. The number of nitrogens with zero attached hydrogens (tertiary/aromatic N) is 1. The third-order valence-corrected chi connectivity index (χ3v) is 5.15. The number of carbonyl (C=O) groups is 1. The Balaban J connectivity index is 1.73. The molecule has 130 valence electrons. The molecule has 0 saturated heterocycles. The van der Waals surface area contributed by atoms with Crippen LogP contribution in [0.4, 0.5) is 24.5 Å². The zero-order valence-corrected chi connectivity index (χ0v) is 14.3. The molecule has 0 unspecified atom stereocenters. The number of benzene rings is 1. The molecule has 0 fully saturated rings. The summed E-state index contributed by atoms with van der Waals surface area (Å²) in [6, 6.07) is 10.0. The molecule has 1 amide bonds. The first kappa shape index (κ1) is 17.4. The molecule has 0 aliphatic heterocycles. The van der Waals surface area contributed by atoms with Gasteiger partial charge in [0.25, 0.3) is 5.91 Å². The van der Waals surface area contributed by atoms with Crippen molar-refractivity contribution in [1.29, 1.82) is 0 Å². The summed E-state index contributed by atoms with van der Waals surface area (Å²) in [6.45, 7) is -1.18. The van der Waals surface area contributed by atoms with Gasteiger partial charge in [0, 0.05) is 0 Å². The number of amides is 1. The lowest BCUT2D eigenvalue weighted by Gasteiger charge is -2.14. The molecule has 0 atom stereocenters. The van der Waals surface area contributed by atoms with E-state index in [-0.39, 0.29) is 11.4 Å². The van der Waals surface area contributed by atoms with Gasteiger partial charge < -0.3 is 10.6 Å². The quantitative estimate of drug-likeness (QED) is 0.645. The van der Waals surface area contributed by atoms with Crippen LogP contribution in [0.1, 0.15) is 9.67 Å². The Kier molecular flexibility index (Phi) is 5.05. The summed E-state index contributed by atoms with van der Waals surface area (Å²) in [6.07, 6.45) is -2.88. The Hall–Kier alpha value is -2.39. The van der Waals surface area contributed by atoms with Crippen molar-refractivity contribution in [2.24, 2.45) is 0 Å². The number of hydrogen-bond acceptors (Lipinski definition) is 5. The summed E-state index contributed by atoms with van der Waals surface area (Å²) >= 11 is 2.74. The number of thiophene rings is 1. The van der Waals surface area contributed by atoms with Gasteiger partial charge in [0.15, 0.2) is 0 Å². The fraction of sp³-hybridized carbons (Fsp3) is 0.125. The molecule has 25 heavy (non-hydrogen) atoms. The van der Waals surface area contributed by atoms with Crippen molar-refractivity contribution < 1.29 is 18.0 Å².